The number of esters is 1. The van der Waals surface area contributed by atoms with Crippen LogP contribution in [0.25, 0.3) is 0 Å². The van der Waals surface area contributed by atoms with E-state index >= 15 is 0 Å². The van der Waals surface area contributed by atoms with E-state index < -0.39 is 17.4 Å². The predicted octanol–water partition coefficient (Wildman–Crippen LogP) is 2.07. The van der Waals surface area contributed by atoms with Crippen LogP contribution in [-0.4, -0.2) is 22.5 Å². The molecule has 0 amide bonds. The molecule has 0 heterocycles. The molecule has 1 aliphatic rings. The van der Waals surface area contributed by atoms with Crippen LogP contribution in [-0.2, 0) is 11.2 Å². The van der Waals surface area contributed by atoms with Crippen LogP contribution < -0.4 is 4.74 Å². The molecular weight excluding hydrogens is 268 g/mol. The molecule has 3 rings (SSSR count). The number of benzene rings is 2. The highest BCUT2D eigenvalue weighted by Crippen LogP contribution is 2.31. The highest BCUT2D eigenvalue weighted by molar-refractivity contribution is 6.19. The van der Waals surface area contributed by atoms with Gasteiger partial charge in [0.15, 0.2) is 0 Å². The van der Waals surface area contributed by atoms with E-state index in [1.54, 1.807) is 48.5 Å². The average Bonchev–Trinajstić information content (AvgIpc) is 2.75. The Hall–Kier alpha value is -2.46. The molecule has 0 bridgehead atoms. The van der Waals surface area contributed by atoms with Crippen LogP contribution in [0.2, 0.25) is 0 Å². The maximum Gasteiger partial charge on any atom is 0.352 e. The molecule has 0 radical (unpaired) electrons. The molecule has 21 heavy (non-hydrogen) atoms. The first kappa shape index (κ1) is 13.5. The lowest BCUT2D eigenvalue weighted by atomic mass is 9.99. The van der Waals surface area contributed by atoms with Crippen LogP contribution in [0.3, 0.4) is 0 Å². The van der Waals surface area contributed by atoms with Crippen LogP contribution in [0.1, 0.15) is 21.5 Å². The Morgan fingerprint density at radius 3 is 2.48 bits per heavy atom. The lowest BCUT2D eigenvalue weighted by Crippen LogP contribution is -2.47. The molecule has 0 fully saturated rings. The fraction of sp³-hybridized carbons (Fsp3) is 0.176. The van der Waals surface area contributed by atoms with E-state index in [0.29, 0.717) is 16.9 Å². The zero-order chi connectivity index (χ0) is 15.0. The molecule has 106 valence electrons. The zero-order valence-corrected chi connectivity index (χ0v) is 11.5. The minimum atomic E-state index is -2.13. The third kappa shape index (κ3) is 2.23. The van der Waals surface area contributed by atoms with Gasteiger partial charge in [-0.3, -0.25) is 4.79 Å². The van der Waals surface area contributed by atoms with Crippen molar-refractivity contribution in [1.82, 2.24) is 0 Å². The average molecular weight is 282 g/mol. The molecule has 1 unspecified atom stereocenters. The summed E-state index contributed by atoms with van der Waals surface area (Å²) in [5, 5.41) is 10.4. The Bertz CT molecular complexity index is 718. The van der Waals surface area contributed by atoms with Gasteiger partial charge in [-0.15, -0.1) is 0 Å². The molecule has 1 aliphatic carbocycles. The summed E-state index contributed by atoms with van der Waals surface area (Å²) >= 11 is 0. The normalized spacial score (nSPS) is 20.2. The molecule has 2 aromatic rings. The summed E-state index contributed by atoms with van der Waals surface area (Å²) in [4.78, 5) is 24.5. The monoisotopic (exact) mass is 282 g/mol. The van der Waals surface area contributed by atoms with Crippen molar-refractivity contribution in [3.63, 3.8) is 0 Å². The van der Waals surface area contributed by atoms with E-state index in [0.717, 1.165) is 5.56 Å². The number of aliphatic hydroxyl groups is 1. The second kappa shape index (κ2) is 4.82. The highest BCUT2D eigenvalue weighted by Gasteiger charge is 2.51. The number of Topliss-reactive ketones (excluding diaryl/α,β-unsaturated/α-hetero) is 1. The van der Waals surface area contributed by atoms with E-state index in [-0.39, 0.29) is 6.42 Å². The number of ether oxygens (including phenoxy) is 1. The molecule has 1 atom stereocenters. The second-order valence-corrected chi connectivity index (χ2v) is 5.23. The minimum absolute atomic E-state index is 0.0489. The number of ketones is 1. The summed E-state index contributed by atoms with van der Waals surface area (Å²) < 4.78 is 5.15. The van der Waals surface area contributed by atoms with Crippen molar-refractivity contribution in [1.29, 1.82) is 0 Å². The van der Waals surface area contributed by atoms with E-state index in [4.69, 9.17) is 4.74 Å². The SMILES string of the molecule is Cc1ccc(OC(=O)C2(O)Cc3ccccc3C2=O)cc1. The zero-order valence-electron chi connectivity index (χ0n) is 11.5. The molecule has 0 saturated carbocycles. The highest BCUT2D eigenvalue weighted by atomic mass is 16.6. The smallest absolute Gasteiger partial charge is 0.352 e. The number of fused-ring (bicyclic) bond motifs is 1. The summed E-state index contributed by atoms with van der Waals surface area (Å²) in [5.41, 5.74) is -0.0706. The number of aryl methyl sites for hydroxylation is 1. The lowest BCUT2D eigenvalue weighted by Gasteiger charge is -2.18. The summed E-state index contributed by atoms with van der Waals surface area (Å²) in [6.07, 6.45) is -0.0489. The Labute approximate surface area is 122 Å². The second-order valence-electron chi connectivity index (χ2n) is 5.23. The van der Waals surface area contributed by atoms with Crippen LogP contribution in [0.15, 0.2) is 48.5 Å². The molecular formula is C17H14O4. The summed E-state index contributed by atoms with van der Waals surface area (Å²) in [6, 6.07) is 13.6. The lowest BCUT2D eigenvalue weighted by molar-refractivity contribution is -0.149. The van der Waals surface area contributed by atoms with Crippen molar-refractivity contribution in [2.45, 2.75) is 18.9 Å². The Morgan fingerprint density at radius 2 is 1.81 bits per heavy atom. The molecule has 0 aliphatic heterocycles. The van der Waals surface area contributed by atoms with E-state index in [2.05, 4.69) is 0 Å². The van der Waals surface area contributed by atoms with E-state index in [9.17, 15) is 14.7 Å². The van der Waals surface area contributed by atoms with E-state index in [1.807, 2.05) is 6.92 Å². The third-order valence-electron chi connectivity index (χ3n) is 3.65. The van der Waals surface area contributed by atoms with E-state index in [1.165, 1.54) is 0 Å². The predicted molar refractivity (Wildman–Crippen MR) is 76.2 cm³/mol. The van der Waals surface area contributed by atoms with Gasteiger partial charge in [0.25, 0.3) is 0 Å². The minimum Gasteiger partial charge on any atom is -0.424 e. The Kier molecular flexibility index (Phi) is 3.11. The van der Waals surface area contributed by atoms with Crippen molar-refractivity contribution >= 4 is 11.8 Å². The largest absolute Gasteiger partial charge is 0.424 e. The van der Waals surface area contributed by atoms with Gasteiger partial charge in [-0.2, -0.15) is 0 Å². The van der Waals surface area contributed by atoms with Gasteiger partial charge in [0.2, 0.25) is 11.4 Å². The van der Waals surface area contributed by atoms with Gasteiger partial charge >= 0.3 is 5.97 Å². The van der Waals surface area contributed by atoms with Gasteiger partial charge in [0.05, 0.1) is 0 Å². The quantitative estimate of drug-likeness (QED) is 0.520. The summed E-state index contributed by atoms with van der Waals surface area (Å²) in [6.45, 7) is 1.91. The number of hydrogen-bond donors (Lipinski definition) is 1. The molecule has 1 N–H and O–H groups in total. The Balaban J connectivity index is 1.85. The van der Waals surface area contributed by atoms with Crippen LogP contribution in [0.5, 0.6) is 5.75 Å². The van der Waals surface area contributed by atoms with Crippen molar-refractivity contribution < 1.29 is 19.4 Å². The first-order chi connectivity index (χ1) is 10.0. The molecule has 2 aromatic carbocycles. The number of hydrogen-bond acceptors (Lipinski definition) is 4. The van der Waals surface area contributed by atoms with Crippen molar-refractivity contribution in [2.75, 3.05) is 0 Å². The number of carbonyl (C=O) groups is 2. The van der Waals surface area contributed by atoms with Gasteiger partial charge in [-0.25, -0.2) is 4.79 Å². The maximum atomic E-state index is 12.3. The molecule has 0 saturated heterocycles. The first-order valence-electron chi connectivity index (χ1n) is 6.65. The fourth-order valence-corrected chi connectivity index (χ4v) is 2.44. The van der Waals surface area contributed by atoms with Crippen LogP contribution in [0.4, 0.5) is 0 Å². The van der Waals surface area contributed by atoms with Crippen LogP contribution in [0, 0.1) is 6.92 Å². The number of rotatable bonds is 2. The number of carbonyl (C=O) groups excluding carboxylic acids is 2. The van der Waals surface area contributed by atoms with Crippen molar-refractivity contribution in [3.8, 4) is 5.75 Å². The topological polar surface area (TPSA) is 63.6 Å². The Morgan fingerprint density at radius 1 is 1.14 bits per heavy atom. The van der Waals surface area contributed by atoms with Crippen LogP contribution >= 0.6 is 0 Å². The maximum absolute atomic E-state index is 12.3. The standard InChI is InChI=1S/C17H14O4/c1-11-6-8-13(9-7-11)21-16(19)17(20)10-12-4-2-3-5-14(12)15(17)18/h2-9,20H,10H2,1H3. The first-order valence-corrected chi connectivity index (χ1v) is 6.65. The fourth-order valence-electron chi connectivity index (χ4n) is 2.44. The van der Waals surface area contributed by atoms with Gasteiger partial charge in [0.1, 0.15) is 5.75 Å². The summed E-state index contributed by atoms with van der Waals surface area (Å²) in [5.74, 6) is -1.23. The molecule has 4 nitrogen and oxygen atoms in total. The third-order valence-corrected chi connectivity index (χ3v) is 3.65. The molecule has 0 spiro atoms. The molecule has 0 aromatic heterocycles. The van der Waals surface area contributed by atoms with Crippen molar-refractivity contribution in [3.05, 3.63) is 65.2 Å². The van der Waals surface area contributed by atoms with Gasteiger partial charge in [-0.05, 0) is 24.6 Å². The van der Waals surface area contributed by atoms with Crippen molar-refractivity contribution in [2.24, 2.45) is 0 Å². The van der Waals surface area contributed by atoms with Gasteiger partial charge < -0.3 is 9.84 Å². The van der Waals surface area contributed by atoms with Gasteiger partial charge in [-0.1, -0.05) is 42.0 Å². The summed E-state index contributed by atoms with van der Waals surface area (Å²) in [7, 11) is 0. The molecule has 4 heteroatoms. The van der Waals surface area contributed by atoms with Gasteiger partial charge in [0, 0.05) is 12.0 Å².